The molecule has 0 fully saturated rings. The quantitative estimate of drug-likeness (QED) is 0.256. The monoisotopic (exact) mass is 485 g/mol. The minimum Gasteiger partial charge on any atom is -0.493 e. The summed E-state index contributed by atoms with van der Waals surface area (Å²) in [5.74, 6) is 1.74. The normalized spacial score (nSPS) is 11.1. The Morgan fingerprint density at radius 2 is 1.69 bits per heavy atom. The Kier molecular flexibility index (Phi) is 6.24. The minimum absolute atomic E-state index is 0.130. The van der Waals surface area contributed by atoms with Crippen LogP contribution in [0.2, 0.25) is 0 Å². The molecule has 1 N–H and O–H groups in total. The average Bonchev–Trinajstić information content (AvgIpc) is 3.34. The van der Waals surface area contributed by atoms with Gasteiger partial charge in [0.05, 0.1) is 25.5 Å². The number of para-hydroxylation sites is 1. The second kappa shape index (κ2) is 9.63. The van der Waals surface area contributed by atoms with Crippen molar-refractivity contribution in [3.8, 4) is 22.9 Å². The van der Waals surface area contributed by atoms with Crippen LogP contribution in [0, 0.1) is 6.92 Å². The van der Waals surface area contributed by atoms with Crippen molar-refractivity contribution < 1.29 is 14.3 Å². The van der Waals surface area contributed by atoms with Crippen molar-refractivity contribution in [1.82, 2.24) is 19.6 Å². The van der Waals surface area contributed by atoms with Crippen molar-refractivity contribution in [3.63, 3.8) is 0 Å². The fraction of sp³-hybridized carbons (Fsp3) is 0.154. The number of carbonyl (C=O) groups is 1. The highest BCUT2D eigenvalue weighted by atomic mass is 32.2. The maximum Gasteiger partial charge on any atom is 0.234 e. The standard InChI is InChI=1S/C26H23N5O3S/c1-16-9-7-8-12-19(16)27-23(32)15-35-26-28-20-14-22(34-3)21(33-2)13-18(20)25-29-24(30-31(25)26)17-10-5-4-6-11-17/h4-14H,15H2,1-3H3,(H,27,32). The summed E-state index contributed by atoms with van der Waals surface area (Å²) < 4.78 is 12.6. The molecule has 0 spiro atoms. The van der Waals surface area contributed by atoms with E-state index in [0.717, 1.165) is 22.2 Å². The van der Waals surface area contributed by atoms with Gasteiger partial charge in [0.15, 0.2) is 28.1 Å². The molecule has 3 aromatic carbocycles. The molecule has 8 nitrogen and oxygen atoms in total. The van der Waals surface area contributed by atoms with Gasteiger partial charge < -0.3 is 14.8 Å². The maximum atomic E-state index is 12.7. The third-order valence-corrected chi connectivity index (χ3v) is 6.46. The maximum absolute atomic E-state index is 12.7. The Balaban J connectivity index is 1.56. The smallest absolute Gasteiger partial charge is 0.234 e. The first kappa shape index (κ1) is 22.7. The van der Waals surface area contributed by atoms with Crippen LogP contribution in [-0.2, 0) is 4.79 Å². The Labute approximate surface area is 206 Å². The Bertz CT molecular complexity index is 1540. The van der Waals surface area contributed by atoms with Gasteiger partial charge in [-0.05, 0) is 24.6 Å². The zero-order valence-electron chi connectivity index (χ0n) is 19.5. The molecule has 9 heteroatoms. The van der Waals surface area contributed by atoms with Gasteiger partial charge in [0.1, 0.15) is 0 Å². The number of hydrogen-bond donors (Lipinski definition) is 1. The number of hydrogen-bond acceptors (Lipinski definition) is 7. The van der Waals surface area contributed by atoms with Crippen LogP contribution in [0.5, 0.6) is 11.5 Å². The second-order valence-electron chi connectivity index (χ2n) is 7.81. The van der Waals surface area contributed by atoms with Gasteiger partial charge in [-0.2, -0.15) is 4.52 Å². The van der Waals surface area contributed by atoms with Crippen LogP contribution in [0.1, 0.15) is 5.56 Å². The third-order valence-electron chi connectivity index (χ3n) is 5.53. The summed E-state index contributed by atoms with van der Waals surface area (Å²) in [6, 6.07) is 21.1. The number of benzene rings is 3. The molecule has 0 saturated carbocycles. The zero-order chi connectivity index (χ0) is 24.4. The highest BCUT2D eigenvalue weighted by Crippen LogP contribution is 2.35. The van der Waals surface area contributed by atoms with Crippen molar-refractivity contribution >= 4 is 39.9 Å². The number of amides is 1. The van der Waals surface area contributed by atoms with Crippen molar-refractivity contribution in [2.45, 2.75) is 12.1 Å². The molecule has 5 rings (SSSR count). The van der Waals surface area contributed by atoms with Crippen molar-refractivity contribution in [2.24, 2.45) is 0 Å². The van der Waals surface area contributed by atoms with Crippen LogP contribution in [0.4, 0.5) is 5.69 Å². The molecule has 0 radical (unpaired) electrons. The predicted molar refractivity (Wildman–Crippen MR) is 137 cm³/mol. The number of aryl methyl sites for hydroxylation is 1. The summed E-state index contributed by atoms with van der Waals surface area (Å²) in [4.78, 5) is 22.3. The number of aromatic nitrogens is 4. The van der Waals surface area contributed by atoms with E-state index in [9.17, 15) is 4.79 Å². The first-order valence-electron chi connectivity index (χ1n) is 10.9. The van der Waals surface area contributed by atoms with E-state index in [1.165, 1.54) is 11.8 Å². The van der Waals surface area contributed by atoms with Gasteiger partial charge in [-0.25, -0.2) is 9.97 Å². The lowest BCUT2D eigenvalue weighted by atomic mass is 10.2. The summed E-state index contributed by atoms with van der Waals surface area (Å²) in [5.41, 5.74) is 3.97. The van der Waals surface area contributed by atoms with E-state index in [0.29, 0.717) is 33.6 Å². The first-order valence-corrected chi connectivity index (χ1v) is 11.9. The van der Waals surface area contributed by atoms with Crippen LogP contribution in [0.15, 0.2) is 71.9 Å². The van der Waals surface area contributed by atoms with Crippen molar-refractivity contribution in [3.05, 3.63) is 72.3 Å². The molecule has 1 amide bonds. The predicted octanol–water partition coefficient (Wildman–Crippen LogP) is 5.00. The molecule has 2 heterocycles. The Morgan fingerprint density at radius 3 is 2.43 bits per heavy atom. The molecule has 0 aliphatic rings. The van der Waals surface area contributed by atoms with Crippen LogP contribution in [-0.4, -0.2) is 45.5 Å². The van der Waals surface area contributed by atoms with Gasteiger partial charge in [0.25, 0.3) is 0 Å². The fourth-order valence-electron chi connectivity index (χ4n) is 3.74. The second-order valence-corrected chi connectivity index (χ2v) is 8.75. The van der Waals surface area contributed by atoms with Gasteiger partial charge in [0.2, 0.25) is 5.91 Å². The van der Waals surface area contributed by atoms with Crippen LogP contribution >= 0.6 is 11.8 Å². The zero-order valence-corrected chi connectivity index (χ0v) is 20.3. The lowest BCUT2D eigenvalue weighted by Gasteiger charge is -2.11. The molecule has 176 valence electrons. The number of methoxy groups -OCH3 is 2. The van der Waals surface area contributed by atoms with Crippen LogP contribution in [0.25, 0.3) is 27.9 Å². The molecule has 0 aliphatic carbocycles. The number of ether oxygens (including phenoxy) is 2. The highest BCUT2D eigenvalue weighted by molar-refractivity contribution is 7.99. The van der Waals surface area contributed by atoms with Gasteiger partial charge in [0, 0.05) is 22.7 Å². The fourth-order valence-corrected chi connectivity index (χ4v) is 4.49. The first-order chi connectivity index (χ1) is 17.1. The lowest BCUT2D eigenvalue weighted by Crippen LogP contribution is -2.15. The molecule has 0 aliphatic heterocycles. The molecule has 0 atom stereocenters. The van der Waals surface area contributed by atoms with Gasteiger partial charge in [-0.15, -0.1) is 5.10 Å². The third kappa shape index (κ3) is 4.50. The van der Waals surface area contributed by atoms with Gasteiger partial charge in [-0.1, -0.05) is 60.3 Å². The van der Waals surface area contributed by atoms with Gasteiger partial charge in [-0.3, -0.25) is 4.79 Å². The van der Waals surface area contributed by atoms with Crippen LogP contribution < -0.4 is 14.8 Å². The molecule has 0 unspecified atom stereocenters. The van der Waals surface area contributed by atoms with E-state index < -0.39 is 0 Å². The van der Waals surface area contributed by atoms with E-state index in [1.54, 1.807) is 18.7 Å². The number of carbonyl (C=O) groups excluding carboxylic acids is 1. The van der Waals surface area contributed by atoms with E-state index in [2.05, 4.69) is 5.32 Å². The SMILES string of the molecule is COc1cc2nc(SCC(=O)Nc3ccccc3C)n3nc(-c4ccccc4)nc3c2cc1OC. The summed E-state index contributed by atoms with van der Waals surface area (Å²) in [6.07, 6.45) is 0. The highest BCUT2D eigenvalue weighted by Gasteiger charge is 2.18. The van der Waals surface area contributed by atoms with Crippen molar-refractivity contribution in [1.29, 1.82) is 0 Å². The number of nitrogens with one attached hydrogen (secondary N) is 1. The Hall–Kier alpha value is -4.11. The molecule has 35 heavy (non-hydrogen) atoms. The molecule has 0 saturated heterocycles. The number of nitrogens with zero attached hydrogens (tertiary/aromatic N) is 4. The molecule has 5 aromatic rings. The average molecular weight is 486 g/mol. The van der Waals surface area contributed by atoms with E-state index in [1.807, 2.05) is 73.7 Å². The largest absolute Gasteiger partial charge is 0.493 e. The van der Waals surface area contributed by atoms with E-state index in [-0.39, 0.29) is 11.7 Å². The number of thioether (sulfide) groups is 1. The minimum atomic E-state index is -0.130. The van der Waals surface area contributed by atoms with E-state index >= 15 is 0 Å². The lowest BCUT2D eigenvalue weighted by molar-refractivity contribution is -0.113. The summed E-state index contributed by atoms with van der Waals surface area (Å²) >= 11 is 1.30. The summed E-state index contributed by atoms with van der Waals surface area (Å²) in [6.45, 7) is 1.96. The number of rotatable bonds is 7. The summed E-state index contributed by atoms with van der Waals surface area (Å²) in [7, 11) is 3.17. The van der Waals surface area contributed by atoms with Crippen LogP contribution in [0.3, 0.4) is 0 Å². The number of fused-ring (bicyclic) bond motifs is 3. The summed E-state index contributed by atoms with van der Waals surface area (Å²) in [5, 5.41) is 9.01. The molecule has 2 aromatic heterocycles. The number of anilines is 1. The Morgan fingerprint density at radius 1 is 0.971 bits per heavy atom. The molecular weight excluding hydrogens is 462 g/mol. The van der Waals surface area contributed by atoms with Gasteiger partial charge >= 0.3 is 0 Å². The topological polar surface area (TPSA) is 90.6 Å². The molecule has 0 bridgehead atoms. The van der Waals surface area contributed by atoms with Crippen molar-refractivity contribution in [2.75, 3.05) is 25.3 Å². The molecular formula is C26H23N5O3S. The van der Waals surface area contributed by atoms with E-state index in [4.69, 9.17) is 24.5 Å².